The molecule has 34 heavy (non-hydrogen) atoms. The third-order valence-electron chi connectivity index (χ3n) is 4.95. The average Bonchev–Trinajstić information content (AvgIpc) is 2.82. The molecule has 0 unspecified atom stereocenters. The Hall–Kier alpha value is -4.27. The first-order chi connectivity index (χ1) is 16.4. The number of benzene rings is 3. The zero-order valence-corrected chi connectivity index (χ0v) is 18.0. The normalized spacial score (nSPS) is 11.1. The Balaban J connectivity index is 1.59. The number of rotatable bonds is 8. The number of hydrogen-bond acceptors (Lipinski definition) is 6. The highest BCUT2D eigenvalue weighted by Gasteiger charge is 2.31. The van der Waals surface area contributed by atoms with Crippen molar-refractivity contribution in [2.75, 3.05) is 16.0 Å². The van der Waals surface area contributed by atoms with Crippen molar-refractivity contribution in [3.05, 3.63) is 102 Å². The molecule has 1 aromatic heterocycles. The fourth-order valence-corrected chi connectivity index (χ4v) is 3.43. The number of ether oxygens (including phenoxy) is 1. The summed E-state index contributed by atoms with van der Waals surface area (Å²) in [7, 11) is 0. The molecule has 0 aliphatic heterocycles. The van der Waals surface area contributed by atoms with E-state index < -0.39 is 6.36 Å². The molecule has 4 rings (SSSR count). The molecule has 0 saturated heterocycles. The Morgan fingerprint density at radius 1 is 0.794 bits per heavy atom. The summed E-state index contributed by atoms with van der Waals surface area (Å²) < 4.78 is 41.1. The first kappa shape index (κ1) is 22.9. The quantitative estimate of drug-likeness (QED) is 0.337. The summed E-state index contributed by atoms with van der Waals surface area (Å²) in [4.78, 5) is 10.7. The molecule has 0 amide bonds. The van der Waals surface area contributed by atoms with Crippen LogP contribution in [0.5, 0.6) is 5.75 Å². The summed E-state index contributed by atoms with van der Waals surface area (Å²) >= 11 is 0. The molecule has 1 heterocycles. The monoisotopic (exact) mass is 465 g/mol. The highest BCUT2D eigenvalue weighted by molar-refractivity contribution is 5.78. The summed E-state index contributed by atoms with van der Waals surface area (Å²) in [6.07, 6.45) is -3.35. The van der Waals surface area contributed by atoms with Crippen molar-refractivity contribution >= 4 is 23.0 Å². The van der Waals surface area contributed by atoms with Crippen molar-refractivity contribution < 1.29 is 17.9 Å². The molecule has 0 saturated carbocycles. The zero-order chi connectivity index (χ0) is 24.0. The maximum absolute atomic E-state index is 12.4. The number of nitrogens with two attached hydrogens (primary N) is 1. The van der Waals surface area contributed by atoms with Crippen LogP contribution >= 0.6 is 0 Å². The standard InChI is InChI=1S/C25H22F3N5O/c26-25(27,28)34-21-13-11-20(12-14-21)32-23-22(29)24(31-17-30-23)33(15-18-7-3-1-4-8-18)16-19-9-5-2-6-10-19/h1-14,17H,15-16,29H2,(H,30,31,32). The van der Waals surface area contributed by atoms with E-state index in [1.807, 2.05) is 65.6 Å². The van der Waals surface area contributed by atoms with Crippen molar-refractivity contribution in [1.29, 1.82) is 0 Å². The molecule has 174 valence electrons. The van der Waals surface area contributed by atoms with Gasteiger partial charge in [0.15, 0.2) is 11.6 Å². The predicted octanol–water partition coefficient (Wildman–Crippen LogP) is 5.91. The van der Waals surface area contributed by atoms with E-state index in [1.165, 1.54) is 30.6 Å². The second-order valence-corrected chi connectivity index (χ2v) is 7.48. The lowest BCUT2D eigenvalue weighted by atomic mass is 10.1. The van der Waals surface area contributed by atoms with Crippen molar-refractivity contribution in [2.45, 2.75) is 19.5 Å². The van der Waals surface area contributed by atoms with Gasteiger partial charge in [-0.05, 0) is 35.4 Å². The van der Waals surface area contributed by atoms with Gasteiger partial charge in [0, 0.05) is 18.8 Å². The van der Waals surface area contributed by atoms with Crippen LogP contribution in [-0.4, -0.2) is 16.3 Å². The van der Waals surface area contributed by atoms with Crippen LogP contribution in [0.1, 0.15) is 11.1 Å². The fraction of sp³-hybridized carbons (Fsp3) is 0.120. The van der Waals surface area contributed by atoms with E-state index in [2.05, 4.69) is 20.0 Å². The van der Waals surface area contributed by atoms with Gasteiger partial charge in [-0.25, -0.2) is 9.97 Å². The minimum absolute atomic E-state index is 0.314. The maximum atomic E-state index is 12.4. The summed E-state index contributed by atoms with van der Waals surface area (Å²) in [5.74, 6) is 0.578. The van der Waals surface area contributed by atoms with Gasteiger partial charge in [0.1, 0.15) is 17.8 Å². The molecule has 9 heteroatoms. The SMILES string of the molecule is Nc1c(Nc2ccc(OC(F)(F)F)cc2)ncnc1N(Cc1ccccc1)Cc1ccccc1. The van der Waals surface area contributed by atoms with E-state index in [1.54, 1.807) is 0 Å². The topological polar surface area (TPSA) is 76.3 Å². The molecule has 3 N–H and O–H groups in total. The molecule has 0 atom stereocenters. The number of nitrogens with one attached hydrogen (secondary N) is 1. The van der Waals surface area contributed by atoms with E-state index in [4.69, 9.17) is 5.73 Å². The molecular formula is C25H22F3N5O. The number of halogens is 3. The fourth-order valence-electron chi connectivity index (χ4n) is 3.43. The summed E-state index contributed by atoms with van der Waals surface area (Å²) in [5.41, 5.74) is 9.46. The summed E-state index contributed by atoms with van der Waals surface area (Å²) in [6, 6.07) is 25.2. The Labute approximate surface area is 194 Å². The number of nitrogens with zero attached hydrogens (tertiary/aromatic N) is 3. The molecule has 0 spiro atoms. The van der Waals surface area contributed by atoms with E-state index >= 15 is 0 Å². The van der Waals surface area contributed by atoms with Gasteiger partial charge in [0.2, 0.25) is 0 Å². The minimum Gasteiger partial charge on any atom is -0.406 e. The molecule has 0 fully saturated rings. The van der Waals surface area contributed by atoms with Gasteiger partial charge in [-0.3, -0.25) is 0 Å². The van der Waals surface area contributed by atoms with Crippen molar-refractivity contribution in [3.8, 4) is 5.75 Å². The van der Waals surface area contributed by atoms with Gasteiger partial charge in [0.25, 0.3) is 0 Å². The van der Waals surface area contributed by atoms with E-state index in [-0.39, 0.29) is 5.75 Å². The van der Waals surface area contributed by atoms with E-state index in [0.717, 1.165) is 11.1 Å². The number of hydrogen-bond donors (Lipinski definition) is 2. The molecule has 0 bridgehead atoms. The lowest BCUT2D eigenvalue weighted by Crippen LogP contribution is -2.24. The molecule has 4 aromatic rings. The third kappa shape index (κ3) is 6.16. The van der Waals surface area contributed by atoms with Gasteiger partial charge in [-0.2, -0.15) is 0 Å². The van der Waals surface area contributed by atoms with Crippen LogP contribution in [0.2, 0.25) is 0 Å². The summed E-state index contributed by atoms with van der Waals surface area (Å²) in [5, 5.41) is 3.05. The number of anilines is 4. The van der Waals surface area contributed by atoms with Crippen LogP contribution in [-0.2, 0) is 13.1 Å². The molecule has 6 nitrogen and oxygen atoms in total. The van der Waals surface area contributed by atoms with Gasteiger partial charge in [-0.15, -0.1) is 13.2 Å². The highest BCUT2D eigenvalue weighted by Crippen LogP contribution is 2.31. The number of nitrogen functional groups attached to an aromatic ring is 1. The van der Waals surface area contributed by atoms with Crippen LogP contribution in [0, 0.1) is 0 Å². The van der Waals surface area contributed by atoms with Crippen LogP contribution < -0.4 is 20.7 Å². The number of alkyl halides is 3. The first-order valence-electron chi connectivity index (χ1n) is 10.4. The van der Waals surface area contributed by atoms with Gasteiger partial charge >= 0.3 is 6.36 Å². The number of aromatic nitrogens is 2. The lowest BCUT2D eigenvalue weighted by molar-refractivity contribution is -0.274. The largest absolute Gasteiger partial charge is 0.573 e. The molecular weight excluding hydrogens is 443 g/mol. The second kappa shape index (κ2) is 10.1. The molecule has 0 aliphatic rings. The van der Waals surface area contributed by atoms with E-state index in [0.29, 0.717) is 36.1 Å². The van der Waals surface area contributed by atoms with Gasteiger partial charge in [0.05, 0.1) is 0 Å². The first-order valence-corrected chi connectivity index (χ1v) is 10.4. The van der Waals surface area contributed by atoms with Crippen LogP contribution in [0.25, 0.3) is 0 Å². The van der Waals surface area contributed by atoms with Crippen molar-refractivity contribution in [1.82, 2.24) is 9.97 Å². The summed E-state index contributed by atoms with van der Waals surface area (Å²) in [6.45, 7) is 1.14. The van der Waals surface area contributed by atoms with Crippen LogP contribution in [0.15, 0.2) is 91.3 Å². The molecule has 3 aromatic carbocycles. The smallest absolute Gasteiger partial charge is 0.406 e. The van der Waals surface area contributed by atoms with Crippen molar-refractivity contribution in [2.24, 2.45) is 0 Å². The van der Waals surface area contributed by atoms with Gasteiger partial charge < -0.3 is 20.7 Å². The Bertz CT molecular complexity index is 1160. The van der Waals surface area contributed by atoms with Gasteiger partial charge in [-0.1, -0.05) is 60.7 Å². The Morgan fingerprint density at radius 2 is 1.35 bits per heavy atom. The Kier molecular flexibility index (Phi) is 6.82. The predicted molar refractivity (Wildman–Crippen MR) is 126 cm³/mol. The minimum atomic E-state index is -4.75. The van der Waals surface area contributed by atoms with Crippen molar-refractivity contribution in [3.63, 3.8) is 0 Å². The van der Waals surface area contributed by atoms with Crippen LogP contribution in [0.3, 0.4) is 0 Å². The second-order valence-electron chi connectivity index (χ2n) is 7.48. The lowest BCUT2D eigenvalue weighted by Gasteiger charge is -2.26. The zero-order valence-electron chi connectivity index (χ0n) is 18.0. The third-order valence-corrected chi connectivity index (χ3v) is 4.95. The molecule has 0 radical (unpaired) electrons. The average molecular weight is 465 g/mol. The Morgan fingerprint density at radius 3 is 1.88 bits per heavy atom. The molecule has 0 aliphatic carbocycles. The highest BCUT2D eigenvalue weighted by atomic mass is 19.4. The maximum Gasteiger partial charge on any atom is 0.573 e. The van der Waals surface area contributed by atoms with E-state index in [9.17, 15) is 13.2 Å². The van der Waals surface area contributed by atoms with Crippen LogP contribution in [0.4, 0.5) is 36.2 Å².